The highest BCUT2D eigenvalue weighted by molar-refractivity contribution is 5.48. The van der Waals surface area contributed by atoms with E-state index in [1.807, 2.05) is 11.0 Å². The molecule has 0 N–H and O–H groups in total. The summed E-state index contributed by atoms with van der Waals surface area (Å²) in [5.41, 5.74) is 1.31. The summed E-state index contributed by atoms with van der Waals surface area (Å²) in [6.45, 7) is 4.12. The fraction of sp³-hybridized carbons (Fsp3) is 0.500. The van der Waals surface area contributed by atoms with Gasteiger partial charge in [0.2, 0.25) is 6.41 Å². The first-order valence-electron chi connectivity index (χ1n) is 6.29. The van der Waals surface area contributed by atoms with E-state index in [2.05, 4.69) is 29.2 Å². The summed E-state index contributed by atoms with van der Waals surface area (Å²) in [4.78, 5) is 15.2. The fourth-order valence-corrected chi connectivity index (χ4v) is 2.40. The van der Waals surface area contributed by atoms with Gasteiger partial charge in [-0.25, -0.2) is 0 Å². The van der Waals surface area contributed by atoms with Crippen LogP contribution >= 0.6 is 0 Å². The van der Waals surface area contributed by atoms with Crippen molar-refractivity contribution in [2.75, 3.05) is 33.4 Å². The molecule has 0 spiro atoms. The first-order chi connectivity index (χ1) is 8.83. The number of rotatable bonds is 5. The van der Waals surface area contributed by atoms with Crippen molar-refractivity contribution < 1.29 is 9.53 Å². The van der Waals surface area contributed by atoms with E-state index in [4.69, 9.17) is 4.74 Å². The van der Waals surface area contributed by atoms with E-state index in [0.29, 0.717) is 6.61 Å². The molecule has 1 fully saturated rings. The lowest BCUT2D eigenvalue weighted by Crippen LogP contribution is -2.53. The number of hydrogen-bond donors (Lipinski definition) is 0. The normalized spacial score (nSPS) is 20.9. The number of carbonyl (C=O) groups excluding carboxylic acids is 1. The topological polar surface area (TPSA) is 32.8 Å². The number of carbonyl (C=O) groups is 1. The van der Waals surface area contributed by atoms with Crippen LogP contribution < -0.4 is 0 Å². The van der Waals surface area contributed by atoms with Gasteiger partial charge in [-0.05, 0) is 5.56 Å². The van der Waals surface area contributed by atoms with Gasteiger partial charge in [-0.3, -0.25) is 9.69 Å². The third-order valence-electron chi connectivity index (χ3n) is 3.36. The average molecular weight is 248 g/mol. The van der Waals surface area contributed by atoms with Crippen molar-refractivity contribution in [2.45, 2.75) is 12.6 Å². The van der Waals surface area contributed by atoms with Crippen LogP contribution in [0.25, 0.3) is 0 Å². The van der Waals surface area contributed by atoms with Gasteiger partial charge in [0.1, 0.15) is 0 Å². The minimum Gasteiger partial charge on any atom is -0.382 e. The van der Waals surface area contributed by atoms with Gasteiger partial charge >= 0.3 is 0 Å². The highest BCUT2D eigenvalue weighted by atomic mass is 16.5. The van der Waals surface area contributed by atoms with Crippen LogP contribution in [0.1, 0.15) is 5.56 Å². The molecule has 1 saturated heterocycles. The number of nitrogens with zero attached hydrogens (tertiary/aromatic N) is 2. The molecule has 0 unspecified atom stereocenters. The van der Waals surface area contributed by atoms with Gasteiger partial charge in [-0.15, -0.1) is 0 Å². The van der Waals surface area contributed by atoms with E-state index >= 15 is 0 Å². The Hall–Kier alpha value is -1.39. The van der Waals surface area contributed by atoms with Crippen LogP contribution in [-0.2, 0) is 16.1 Å². The summed E-state index contributed by atoms with van der Waals surface area (Å²) in [6.07, 6.45) is 0.934. The van der Waals surface area contributed by atoms with Gasteiger partial charge in [0.15, 0.2) is 0 Å². The lowest BCUT2D eigenvalue weighted by Gasteiger charge is -2.39. The molecule has 1 amide bonds. The van der Waals surface area contributed by atoms with E-state index < -0.39 is 0 Å². The first-order valence-corrected chi connectivity index (χ1v) is 6.29. The van der Waals surface area contributed by atoms with Crippen molar-refractivity contribution >= 4 is 6.41 Å². The Morgan fingerprint density at radius 3 is 2.78 bits per heavy atom. The maximum Gasteiger partial charge on any atom is 0.210 e. The molecule has 0 aromatic heterocycles. The highest BCUT2D eigenvalue weighted by Gasteiger charge is 2.25. The van der Waals surface area contributed by atoms with Crippen molar-refractivity contribution in [2.24, 2.45) is 0 Å². The molecule has 1 aliphatic rings. The molecule has 98 valence electrons. The standard InChI is InChI=1S/C14H20N2O2/c1-18-11-14-10-15(7-8-16(14)12-17)9-13-5-3-2-4-6-13/h2-6,12,14H,7-11H2,1H3/t14-/m0/s1. The van der Waals surface area contributed by atoms with Gasteiger partial charge in [-0.1, -0.05) is 30.3 Å². The monoisotopic (exact) mass is 248 g/mol. The Morgan fingerprint density at radius 1 is 1.33 bits per heavy atom. The van der Waals surface area contributed by atoms with Crippen LogP contribution in [-0.4, -0.2) is 55.6 Å². The van der Waals surface area contributed by atoms with Crippen LogP contribution in [0.5, 0.6) is 0 Å². The Kier molecular flexibility index (Phi) is 4.73. The fourth-order valence-electron chi connectivity index (χ4n) is 2.40. The summed E-state index contributed by atoms with van der Waals surface area (Å²) >= 11 is 0. The van der Waals surface area contributed by atoms with Crippen LogP contribution in [0.4, 0.5) is 0 Å². The molecular formula is C14H20N2O2. The summed E-state index contributed by atoms with van der Waals surface area (Å²) in [5, 5.41) is 0. The first kappa shape index (κ1) is 13.1. The largest absolute Gasteiger partial charge is 0.382 e. The van der Waals surface area contributed by atoms with Crippen LogP contribution in [0.3, 0.4) is 0 Å². The zero-order valence-corrected chi connectivity index (χ0v) is 10.8. The van der Waals surface area contributed by atoms with Crippen molar-refractivity contribution in [3.63, 3.8) is 0 Å². The molecular weight excluding hydrogens is 228 g/mol. The number of ether oxygens (including phenoxy) is 1. The number of amides is 1. The van der Waals surface area contributed by atoms with Crippen LogP contribution in [0.2, 0.25) is 0 Å². The van der Waals surface area contributed by atoms with Gasteiger partial charge in [0.05, 0.1) is 12.6 Å². The highest BCUT2D eigenvalue weighted by Crippen LogP contribution is 2.12. The smallest absolute Gasteiger partial charge is 0.210 e. The van der Waals surface area contributed by atoms with Gasteiger partial charge in [-0.2, -0.15) is 0 Å². The Bertz CT molecular complexity index is 369. The zero-order valence-electron chi connectivity index (χ0n) is 10.8. The summed E-state index contributed by atoms with van der Waals surface area (Å²) in [6, 6.07) is 10.6. The van der Waals surface area contributed by atoms with E-state index in [9.17, 15) is 4.79 Å². The molecule has 4 heteroatoms. The summed E-state index contributed by atoms with van der Waals surface area (Å²) < 4.78 is 5.18. The van der Waals surface area contributed by atoms with E-state index in [1.54, 1.807) is 7.11 Å². The maximum absolute atomic E-state index is 11.0. The molecule has 0 radical (unpaired) electrons. The number of hydrogen-bond acceptors (Lipinski definition) is 3. The van der Waals surface area contributed by atoms with Crippen molar-refractivity contribution in [3.05, 3.63) is 35.9 Å². The molecule has 1 atom stereocenters. The predicted octanol–water partition coefficient (Wildman–Crippen LogP) is 0.976. The predicted molar refractivity (Wildman–Crippen MR) is 70.2 cm³/mol. The summed E-state index contributed by atoms with van der Waals surface area (Å²) in [7, 11) is 1.68. The molecule has 18 heavy (non-hydrogen) atoms. The lowest BCUT2D eigenvalue weighted by molar-refractivity contribution is -0.124. The molecule has 2 rings (SSSR count). The van der Waals surface area contributed by atoms with E-state index in [1.165, 1.54) is 5.56 Å². The second kappa shape index (κ2) is 6.52. The van der Waals surface area contributed by atoms with Crippen molar-refractivity contribution in [1.29, 1.82) is 0 Å². The lowest BCUT2D eigenvalue weighted by atomic mass is 10.1. The second-order valence-corrected chi connectivity index (χ2v) is 4.67. The SMILES string of the molecule is COC[C@@H]1CN(Cc2ccccc2)CCN1C=O. The minimum atomic E-state index is 0.171. The maximum atomic E-state index is 11.0. The third kappa shape index (κ3) is 3.31. The summed E-state index contributed by atoms with van der Waals surface area (Å²) in [5.74, 6) is 0. The number of methoxy groups -OCH3 is 1. The van der Waals surface area contributed by atoms with E-state index in [0.717, 1.165) is 32.6 Å². The number of piperazine rings is 1. The van der Waals surface area contributed by atoms with Crippen molar-refractivity contribution in [3.8, 4) is 0 Å². The van der Waals surface area contributed by atoms with Crippen LogP contribution in [0, 0.1) is 0 Å². The average Bonchev–Trinajstić information content (AvgIpc) is 2.41. The quantitative estimate of drug-likeness (QED) is 0.728. The molecule has 1 aromatic carbocycles. The molecule has 4 nitrogen and oxygen atoms in total. The molecule has 1 heterocycles. The molecule has 0 saturated carbocycles. The molecule has 1 aliphatic heterocycles. The van der Waals surface area contributed by atoms with Crippen molar-refractivity contribution in [1.82, 2.24) is 9.80 Å². The van der Waals surface area contributed by atoms with Crippen LogP contribution in [0.15, 0.2) is 30.3 Å². The third-order valence-corrected chi connectivity index (χ3v) is 3.36. The minimum absolute atomic E-state index is 0.171. The Labute approximate surface area is 108 Å². The van der Waals surface area contributed by atoms with Gasteiger partial charge in [0.25, 0.3) is 0 Å². The zero-order chi connectivity index (χ0) is 12.8. The molecule has 1 aromatic rings. The van der Waals surface area contributed by atoms with Gasteiger partial charge in [0, 0.05) is 33.3 Å². The van der Waals surface area contributed by atoms with E-state index in [-0.39, 0.29) is 6.04 Å². The molecule has 0 bridgehead atoms. The Balaban J connectivity index is 1.93. The van der Waals surface area contributed by atoms with Gasteiger partial charge < -0.3 is 9.64 Å². The second-order valence-electron chi connectivity index (χ2n) is 4.67. The number of benzene rings is 1. The molecule has 0 aliphatic carbocycles. The Morgan fingerprint density at radius 2 is 2.11 bits per heavy atom.